The average Bonchev–Trinajstić information content (AvgIpc) is 3.06. The fourth-order valence-corrected chi connectivity index (χ4v) is 4.53. The Balaban J connectivity index is 0.000000370. The Bertz CT molecular complexity index is 775. The highest BCUT2D eigenvalue weighted by molar-refractivity contribution is 7.89. The number of carbonyl (C=O) groups is 1. The van der Waals surface area contributed by atoms with E-state index in [0.717, 1.165) is 18.4 Å². The first-order valence-electron chi connectivity index (χ1n) is 8.98. The molecule has 1 aromatic heterocycles. The number of aromatic nitrogens is 1. The Morgan fingerprint density at radius 2 is 2.14 bits per heavy atom. The van der Waals surface area contributed by atoms with Gasteiger partial charge in [-0.05, 0) is 31.4 Å². The molecular formula is C17H23F3N2O6S. The highest BCUT2D eigenvalue weighted by atomic mass is 32.2. The van der Waals surface area contributed by atoms with Gasteiger partial charge in [0.1, 0.15) is 6.10 Å². The lowest BCUT2D eigenvalue weighted by Crippen LogP contribution is -2.44. The predicted octanol–water partition coefficient (Wildman–Crippen LogP) is 1.81. The van der Waals surface area contributed by atoms with E-state index in [1.807, 2.05) is 12.1 Å². The molecule has 29 heavy (non-hydrogen) atoms. The molecule has 3 heterocycles. The summed E-state index contributed by atoms with van der Waals surface area (Å²) in [6, 6.07) is 3.72. The van der Waals surface area contributed by atoms with Gasteiger partial charge < -0.3 is 14.6 Å². The number of fused-ring (bicyclic) bond motifs is 1. The van der Waals surface area contributed by atoms with Gasteiger partial charge in [-0.3, -0.25) is 4.98 Å². The zero-order valence-electron chi connectivity index (χ0n) is 15.7. The fraction of sp³-hybridized carbons (Fsp3) is 0.647. The average molecular weight is 440 g/mol. The van der Waals surface area contributed by atoms with Crippen LogP contribution in [0.2, 0.25) is 0 Å². The van der Waals surface area contributed by atoms with Crippen LogP contribution in [-0.4, -0.2) is 72.1 Å². The van der Waals surface area contributed by atoms with Gasteiger partial charge in [0.25, 0.3) is 0 Å². The molecule has 2 aliphatic heterocycles. The van der Waals surface area contributed by atoms with E-state index in [4.69, 9.17) is 19.4 Å². The lowest BCUT2D eigenvalue weighted by Gasteiger charge is -2.31. The molecule has 3 rings (SSSR count). The Morgan fingerprint density at radius 1 is 1.45 bits per heavy atom. The summed E-state index contributed by atoms with van der Waals surface area (Å²) in [4.78, 5) is 13.0. The molecule has 0 unspecified atom stereocenters. The molecule has 1 aromatic rings. The second-order valence-corrected chi connectivity index (χ2v) is 8.74. The number of rotatable bonds is 5. The van der Waals surface area contributed by atoms with Crippen molar-refractivity contribution < 1.29 is 41.0 Å². The van der Waals surface area contributed by atoms with Crippen molar-refractivity contribution in [1.82, 2.24) is 9.29 Å². The molecule has 0 bridgehead atoms. The largest absolute Gasteiger partial charge is 0.490 e. The van der Waals surface area contributed by atoms with Crippen molar-refractivity contribution in [2.24, 2.45) is 0 Å². The standard InChI is InChI=1S/C15H22N2O4S.C2HF3O2/c1-2-22(18,19)17-10-14(15-13(17)6-4-8-20-15)21-11-12-5-3-7-16-9-12;3-2(4,5)1(6)7/h3,5,7,9,13-15H,2,4,6,8,10-11H2,1H3;(H,6,7)/t13-,14-,15+;/m1./s1. The van der Waals surface area contributed by atoms with Crippen molar-refractivity contribution in [2.75, 3.05) is 18.9 Å². The van der Waals surface area contributed by atoms with Gasteiger partial charge in [0.2, 0.25) is 10.0 Å². The number of carboxylic acid groups (broad SMARTS) is 1. The quantitative estimate of drug-likeness (QED) is 0.744. The second-order valence-electron chi connectivity index (χ2n) is 6.53. The summed E-state index contributed by atoms with van der Waals surface area (Å²) >= 11 is 0. The summed E-state index contributed by atoms with van der Waals surface area (Å²) in [6.45, 7) is 3.16. The van der Waals surface area contributed by atoms with Gasteiger partial charge in [0.15, 0.2) is 0 Å². The van der Waals surface area contributed by atoms with Crippen LogP contribution >= 0.6 is 0 Å². The molecule has 0 spiro atoms. The van der Waals surface area contributed by atoms with E-state index in [-0.39, 0.29) is 24.0 Å². The number of pyridine rings is 1. The van der Waals surface area contributed by atoms with Crippen LogP contribution in [0.15, 0.2) is 24.5 Å². The Morgan fingerprint density at radius 3 is 2.69 bits per heavy atom. The molecule has 2 fully saturated rings. The van der Waals surface area contributed by atoms with E-state index >= 15 is 0 Å². The van der Waals surface area contributed by atoms with Crippen molar-refractivity contribution in [2.45, 2.75) is 50.8 Å². The molecule has 0 radical (unpaired) electrons. The summed E-state index contributed by atoms with van der Waals surface area (Å²) in [6.07, 6.45) is -0.245. The minimum absolute atomic E-state index is 0.0856. The van der Waals surface area contributed by atoms with E-state index < -0.39 is 22.2 Å². The number of nitrogens with zero attached hydrogens (tertiary/aromatic N) is 2. The van der Waals surface area contributed by atoms with Gasteiger partial charge in [-0.25, -0.2) is 13.2 Å². The molecule has 1 N–H and O–H groups in total. The lowest BCUT2D eigenvalue weighted by molar-refractivity contribution is -0.192. The van der Waals surface area contributed by atoms with Crippen molar-refractivity contribution >= 4 is 16.0 Å². The second kappa shape index (κ2) is 9.83. The van der Waals surface area contributed by atoms with Gasteiger partial charge in [0, 0.05) is 25.5 Å². The van der Waals surface area contributed by atoms with E-state index in [9.17, 15) is 21.6 Å². The molecule has 0 amide bonds. The molecule has 0 aliphatic carbocycles. The van der Waals surface area contributed by atoms with Gasteiger partial charge in [-0.2, -0.15) is 17.5 Å². The van der Waals surface area contributed by atoms with Crippen molar-refractivity contribution in [3.63, 3.8) is 0 Å². The molecule has 12 heteroatoms. The highest BCUT2D eigenvalue weighted by Crippen LogP contribution is 2.33. The topological polar surface area (TPSA) is 106 Å². The van der Waals surface area contributed by atoms with E-state index in [1.165, 1.54) is 0 Å². The number of hydrogen-bond donors (Lipinski definition) is 1. The minimum Gasteiger partial charge on any atom is -0.475 e. The Kier molecular flexibility index (Phi) is 7.97. The van der Waals surface area contributed by atoms with E-state index in [2.05, 4.69) is 4.98 Å². The van der Waals surface area contributed by atoms with Crippen LogP contribution in [0.4, 0.5) is 13.2 Å². The number of hydrogen-bond acceptors (Lipinski definition) is 6. The normalized spacial score (nSPS) is 25.0. The van der Waals surface area contributed by atoms with E-state index in [0.29, 0.717) is 19.8 Å². The summed E-state index contributed by atoms with van der Waals surface area (Å²) in [5.74, 6) is -2.64. The lowest BCUT2D eigenvalue weighted by atomic mass is 10.0. The highest BCUT2D eigenvalue weighted by Gasteiger charge is 2.48. The molecule has 2 saturated heterocycles. The maximum atomic E-state index is 12.3. The number of alkyl halides is 3. The van der Waals surface area contributed by atoms with Crippen LogP contribution in [-0.2, 0) is 30.9 Å². The summed E-state index contributed by atoms with van der Waals surface area (Å²) in [7, 11) is -3.22. The summed E-state index contributed by atoms with van der Waals surface area (Å²) < 4.78 is 69.7. The number of ether oxygens (including phenoxy) is 2. The number of carboxylic acids is 1. The minimum atomic E-state index is -5.08. The maximum absolute atomic E-state index is 12.3. The molecule has 0 saturated carbocycles. The van der Waals surface area contributed by atoms with Gasteiger partial charge in [-0.1, -0.05) is 6.07 Å². The van der Waals surface area contributed by atoms with Gasteiger partial charge in [-0.15, -0.1) is 0 Å². The van der Waals surface area contributed by atoms with Crippen LogP contribution in [0.5, 0.6) is 0 Å². The summed E-state index contributed by atoms with van der Waals surface area (Å²) in [5.41, 5.74) is 0.978. The number of halogens is 3. The summed E-state index contributed by atoms with van der Waals surface area (Å²) in [5, 5.41) is 7.12. The number of aliphatic carboxylic acids is 1. The van der Waals surface area contributed by atoms with E-state index in [1.54, 1.807) is 23.6 Å². The molecular weight excluding hydrogens is 417 g/mol. The first kappa shape index (κ1) is 23.5. The molecule has 0 aromatic carbocycles. The Labute approximate surface area is 166 Å². The van der Waals surface area contributed by atoms with Crippen molar-refractivity contribution in [3.05, 3.63) is 30.1 Å². The third-order valence-electron chi connectivity index (χ3n) is 4.58. The smallest absolute Gasteiger partial charge is 0.475 e. The molecule has 164 valence electrons. The van der Waals surface area contributed by atoms with Gasteiger partial charge >= 0.3 is 12.1 Å². The van der Waals surface area contributed by atoms with Crippen LogP contribution in [0.3, 0.4) is 0 Å². The zero-order chi connectivity index (χ0) is 21.7. The van der Waals surface area contributed by atoms with Crippen LogP contribution in [0, 0.1) is 0 Å². The third kappa shape index (κ3) is 6.36. The first-order chi connectivity index (χ1) is 13.6. The van der Waals surface area contributed by atoms with Crippen molar-refractivity contribution in [3.8, 4) is 0 Å². The molecule has 2 aliphatic rings. The molecule has 8 nitrogen and oxygen atoms in total. The van der Waals surface area contributed by atoms with Crippen molar-refractivity contribution in [1.29, 1.82) is 0 Å². The fourth-order valence-electron chi connectivity index (χ4n) is 3.19. The predicted molar refractivity (Wildman–Crippen MR) is 95.4 cm³/mol. The Hall–Kier alpha value is -1.76. The monoisotopic (exact) mass is 440 g/mol. The van der Waals surface area contributed by atoms with Crippen LogP contribution in [0.25, 0.3) is 0 Å². The maximum Gasteiger partial charge on any atom is 0.490 e. The zero-order valence-corrected chi connectivity index (χ0v) is 16.5. The van der Waals surface area contributed by atoms with Crippen LogP contribution < -0.4 is 0 Å². The first-order valence-corrected chi connectivity index (χ1v) is 10.6. The third-order valence-corrected chi connectivity index (χ3v) is 6.45. The molecule has 3 atom stereocenters. The van der Waals surface area contributed by atoms with Crippen LogP contribution in [0.1, 0.15) is 25.3 Å². The SMILES string of the molecule is CCS(=O)(=O)N1C[C@@H](OCc2cccnc2)[C@H]2OCCC[C@H]21.O=C(O)C(F)(F)F. The number of sulfonamides is 1. The van der Waals surface area contributed by atoms with Gasteiger partial charge in [0.05, 0.1) is 24.5 Å².